The summed E-state index contributed by atoms with van der Waals surface area (Å²) in [7, 11) is 3.74. The molecule has 3 aliphatic rings. The summed E-state index contributed by atoms with van der Waals surface area (Å²) in [5.41, 5.74) is 1.62. The lowest BCUT2D eigenvalue weighted by molar-refractivity contribution is -0.160. The van der Waals surface area contributed by atoms with E-state index in [0.29, 0.717) is 25.0 Å². The van der Waals surface area contributed by atoms with Crippen molar-refractivity contribution in [1.82, 2.24) is 4.90 Å². The summed E-state index contributed by atoms with van der Waals surface area (Å²) in [4.78, 5) is 15.8. The van der Waals surface area contributed by atoms with Crippen LogP contribution in [-0.2, 0) is 24.5 Å². The van der Waals surface area contributed by atoms with E-state index in [0.717, 1.165) is 40.8 Å². The first-order valence-electron chi connectivity index (χ1n) is 12.9. The van der Waals surface area contributed by atoms with Crippen LogP contribution in [0.2, 0.25) is 0 Å². The predicted octanol–water partition coefficient (Wildman–Crippen LogP) is 5.22. The van der Waals surface area contributed by atoms with Crippen LogP contribution in [0.15, 0.2) is 70.9 Å². The molecule has 194 valence electrons. The molecular formula is C30H33NO6. The Hall–Kier alpha value is -2.97. The number of ether oxygens (including phenoxy) is 4. The summed E-state index contributed by atoms with van der Waals surface area (Å²) in [5, 5.41) is 1.90. The van der Waals surface area contributed by atoms with Crippen LogP contribution in [0.1, 0.15) is 47.6 Å². The molecule has 1 fully saturated rings. The molecule has 0 amide bonds. The molecule has 0 radical (unpaired) electrons. The van der Waals surface area contributed by atoms with Gasteiger partial charge < -0.3 is 28.3 Å². The molecule has 37 heavy (non-hydrogen) atoms. The number of nitrogens with zero attached hydrogens (tertiary/aromatic N) is 1. The topological polar surface area (TPSA) is 70.4 Å². The number of carbonyl (C=O) groups is 1. The number of fused-ring (bicyclic) bond motifs is 2. The van der Waals surface area contributed by atoms with Crippen molar-refractivity contribution in [1.29, 1.82) is 0 Å². The van der Waals surface area contributed by atoms with Crippen molar-refractivity contribution in [2.75, 3.05) is 40.6 Å². The standard InChI is InChI=1S/C30H33NO6/c1-20(37-28(32)23-10-6-8-21-7-4-5-9-22(21)23)24-11-13-30-25-12-15-34-27(25)26(35-19-33-3)17-29(24,30)18-31(2)14-16-36-30/h4-12,15,20,26H,13-14,16-19H2,1-3H3/t20-,26-,29+,30?/m1/s1. The fraction of sp³-hybridized carbons (Fsp3) is 0.433. The van der Waals surface area contributed by atoms with Gasteiger partial charge in [0, 0.05) is 37.6 Å². The SMILES string of the molecule is COCO[C@@H]1C[C@@]23CN(C)CCOC2(CC=C3[C@@H](C)OC(=O)c2cccc3ccccc23)c2ccoc21. The maximum absolute atomic E-state index is 13.5. The van der Waals surface area contributed by atoms with Gasteiger partial charge in [-0.05, 0) is 48.9 Å². The van der Waals surface area contributed by atoms with Crippen LogP contribution in [0.4, 0.5) is 0 Å². The molecule has 3 aromatic rings. The van der Waals surface area contributed by atoms with Gasteiger partial charge in [0.1, 0.15) is 30.4 Å². The van der Waals surface area contributed by atoms with Crippen LogP contribution in [0.25, 0.3) is 10.8 Å². The highest BCUT2D eigenvalue weighted by molar-refractivity contribution is 6.04. The summed E-state index contributed by atoms with van der Waals surface area (Å²) in [6.45, 7) is 4.32. The second-order valence-electron chi connectivity index (χ2n) is 10.4. The number of benzene rings is 2. The first kappa shape index (κ1) is 24.4. The fourth-order valence-electron chi connectivity index (χ4n) is 6.85. The van der Waals surface area contributed by atoms with E-state index < -0.39 is 17.1 Å². The summed E-state index contributed by atoms with van der Waals surface area (Å²) < 4.78 is 30.3. The van der Waals surface area contributed by atoms with Gasteiger partial charge in [0.05, 0.1) is 18.4 Å². The van der Waals surface area contributed by atoms with Crippen molar-refractivity contribution in [2.24, 2.45) is 5.41 Å². The van der Waals surface area contributed by atoms with E-state index in [1.165, 1.54) is 0 Å². The Labute approximate surface area is 216 Å². The first-order valence-corrected chi connectivity index (χ1v) is 12.9. The molecule has 1 unspecified atom stereocenters. The molecule has 6 rings (SSSR count). The Morgan fingerprint density at radius 2 is 2.03 bits per heavy atom. The average molecular weight is 504 g/mol. The molecular weight excluding hydrogens is 470 g/mol. The fourth-order valence-corrected chi connectivity index (χ4v) is 6.85. The molecule has 0 saturated carbocycles. The minimum Gasteiger partial charge on any atom is -0.466 e. The molecule has 2 heterocycles. The van der Waals surface area contributed by atoms with Gasteiger partial charge in [0.25, 0.3) is 0 Å². The molecule has 4 atom stereocenters. The monoisotopic (exact) mass is 503 g/mol. The Morgan fingerprint density at radius 3 is 2.89 bits per heavy atom. The molecule has 2 aromatic carbocycles. The molecule has 7 nitrogen and oxygen atoms in total. The van der Waals surface area contributed by atoms with Crippen molar-refractivity contribution < 1.29 is 28.2 Å². The highest BCUT2D eigenvalue weighted by atomic mass is 16.7. The van der Waals surface area contributed by atoms with Crippen LogP contribution in [-0.4, -0.2) is 57.6 Å². The number of methoxy groups -OCH3 is 1. The van der Waals surface area contributed by atoms with Crippen LogP contribution < -0.4 is 0 Å². The quantitative estimate of drug-likeness (QED) is 0.260. The van der Waals surface area contributed by atoms with E-state index in [4.69, 9.17) is 23.4 Å². The van der Waals surface area contributed by atoms with Crippen LogP contribution in [0, 0.1) is 5.41 Å². The van der Waals surface area contributed by atoms with Crippen molar-refractivity contribution in [2.45, 2.75) is 37.6 Å². The number of furan rings is 1. The van der Waals surface area contributed by atoms with Crippen molar-refractivity contribution >= 4 is 16.7 Å². The molecule has 0 N–H and O–H groups in total. The number of hydrogen-bond acceptors (Lipinski definition) is 7. The zero-order chi connectivity index (χ0) is 25.6. The van der Waals surface area contributed by atoms with Gasteiger partial charge in [-0.2, -0.15) is 0 Å². The van der Waals surface area contributed by atoms with E-state index in [9.17, 15) is 4.79 Å². The Balaban J connectivity index is 1.38. The molecule has 7 heteroatoms. The number of likely N-dealkylation sites (N-methyl/N-ethyl adjacent to an activating group) is 1. The largest absolute Gasteiger partial charge is 0.466 e. The Kier molecular flexibility index (Phi) is 6.19. The lowest BCUT2D eigenvalue weighted by atomic mass is 9.59. The van der Waals surface area contributed by atoms with Crippen molar-refractivity contribution in [3.05, 3.63) is 83.3 Å². The Morgan fingerprint density at radius 1 is 1.19 bits per heavy atom. The lowest BCUT2D eigenvalue weighted by Gasteiger charge is -2.52. The number of esters is 1. The average Bonchev–Trinajstić information content (AvgIpc) is 3.47. The van der Waals surface area contributed by atoms with Gasteiger partial charge in [0.15, 0.2) is 0 Å². The maximum atomic E-state index is 13.5. The molecule has 0 spiro atoms. The zero-order valence-corrected chi connectivity index (χ0v) is 21.6. The van der Waals surface area contributed by atoms with E-state index in [2.05, 4.69) is 18.0 Å². The maximum Gasteiger partial charge on any atom is 0.339 e. The van der Waals surface area contributed by atoms with Crippen molar-refractivity contribution in [3.63, 3.8) is 0 Å². The van der Waals surface area contributed by atoms with Gasteiger partial charge in [-0.3, -0.25) is 0 Å². The highest BCUT2D eigenvalue weighted by Crippen LogP contribution is 2.65. The number of rotatable bonds is 6. The highest BCUT2D eigenvalue weighted by Gasteiger charge is 2.65. The minimum absolute atomic E-state index is 0.162. The second kappa shape index (κ2) is 9.40. The summed E-state index contributed by atoms with van der Waals surface area (Å²) in [6.07, 6.45) is 4.53. The summed E-state index contributed by atoms with van der Waals surface area (Å²) in [5.74, 6) is 0.473. The van der Waals surface area contributed by atoms with E-state index >= 15 is 0 Å². The third-order valence-corrected chi connectivity index (χ3v) is 8.37. The molecule has 1 aromatic heterocycles. The third-order valence-electron chi connectivity index (χ3n) is 8.37. The zero-order valence-electron chi connectivity index (χ0n) is 21.6. The molecule has 1 aliphatic heterocycles. The molecule has 0 bridgehead atoms. The normalized spacial score (nSPS) is 28.1. The van der Waals surface area contributed by atoms with Gasteiger partial charge in [0.2, 0.25) is 0 Å². The van der Waals surface area contributed by atoms with Gasteiger partial charge in [-0.1, -0.05) is 42.5 Å². The van der Waals surface area contributed by atoms with E-state index in [1.54, 1.807) is 13.4 Å². The van der Waals surface area contributed by atoms with Crippen LogP contribution >= 0.6 is 0 Å². The molecule has 1 saturated heterocycles. The van der Waals surface area contributed by atoms with Gasteiger partial charge in [-0.15, -0.1) is 0 Å². The summed E-state index contributed by atoms with van der Waals surface area (Å²) in [6, 6.07) is 15.6. The van der Waals surface area contributed by atoms with Crippen LogP contribution in [0.3, 0.4) is 0 Å². The van der Waals surface area contributed by atoms with Gasteiger partial charge in [-0.25, -0.2) is 4.79 Å². The first-order chi connectivity index (χ1) is 18.0. The molecule has 2 aliphatic carbocycles. The number of carbonyl (C=O) groups excluding carboxylic acids is 1. The Bertz CT molecular complexity index is 1340. The van der Waals surface area contributed by atoms with E-state index in [-0.39, 0.29) is 18.9 Å². The minimum atomic E-state index is -0.595. The predicted molar refractivity (Wildman–Crippen MR) is 138 cm³/mol. The summed E-state index contributed by atoms with van der Waals surface area (Å²) >= 11 is 0. The number of hydrogen-bond donors (Lipinski definition) is 0. The lowest BCUT2D eigenvalue weighted by Crippen LogP contribution is -2.54. The van der Waals surface area contributed by atoms with Crippen molar-refractivity contribution in [3.8, 4) is 0 Å². The smallest absolute Gasteiger partial charge is 0.339 e. The third kappa shape index (κ3) is 3.76. The van der Waals surface area contributed by atoms with Gasteiger partial charge >= 0.3 is 5.97 Å². The van der Waals surface area contributed by atoms with Crippen LogP contribution in [0.5, 0.6) is 0 Å². The van der Waals surface area contributed by atoms with E-state index in [1.807, 2.05) is 55.5 Å². The second-order valence-corrected chi connectivity index (χ2v) is 10.4.